The third kappa shape index (κ3) is 3.41. The maximum Gasteiger partial charge on any atom is 0.220 e. The van der Waals surface area contributed by atoms with E-state index < -0.39 is 18.1 Å². The highest BCUT2D eigenvalue weighted by molar-refractivity contribution is 9.10. The first-order valence-corrected chi connectivity index (χ1v) is 5.54. The van der Waals surface area contributed by atoms with Crippen molar-refractivity contribution in [1.29, 1.82) is 0 Å². The summed E-state index contributed by atoms with van der Waals surface area (Å²) in [4.78, 5) is 14.4. The molecule has 1 amide bonds. The molecule has 16 heavy (non-hydrogen) atoms. The third-order valence-electron chi connectivity index (χ3n) is 1.95. The Labute approximate surface area is 105 Å². The molecular weight excluding hydrogens is 299 g/mol. The van der Waals surface area contributed by atoms with E-state index in [9.17, 15) is 15.0 Å². The Balaban J connectivity index is 2.90. The minimum absolute atomic E-state index is 0.184. The van der Waals surface area contributed by atoms with Crippen LogP contribution in [0.1, 0.15) is 18.1 Å². The van der Waals surface area contributed by atoms with Crippen molar-refractivity contribution in [2.75, 3.05) is 0 Å². The minimum Gasteiger partial charge on any atom is -0.390 e. The number of hydrogen-bond acceptors (Lipinski definition) is 4. The number of aromatic nitrogens is 1. The largest absolute Gasteiger partial charge is 0.390 e. The predicted octanol–water partition coefficient (Wildman–Crippen LogP) is 0.767. The van der Waals surface area contributed by atoms with Crippen LogP contribution in [0.2, 0.25) is 5.15 Å². The number of nitrogens with zero attached hydrogens (tertiary/aromatic N) is 1. The summed E-state index contributed by atoms with van der Waals surface area (Å²) >= 11 is 8.81. The fourth-order valence-electron chi connectivity index (χ4n) is 1.18. The van der Waals surface area contributed by atoms with E-state index in [-0.39, 0.29) is 11.6 Å². The summed E-state index contributed by atoms with van der Waals surface area (Å²) in [7, 11) is 0. The molecule has 4 N–H and O–H groups in total. The van der Waals surface area contributed by atoms with Crippen LogP contribution in [0.3, 0.4) is 0 Å². The standard InChI is InChI=1S/C9H10BrClN2O3/c10-5-3-13-7(11)1-4(5)9(16)6(14)2-8(12)15/h1,3,6,9,14,16H,2H2,(H2,12,15). The summed E-state index contributed by atoms with van der Waals surface area (Å²) < 4.78 is 0.493. The number of carbonyl (C=O) groups excluding carboxylic acids is 1. The number of primary amides is 1. The molecule has 2 unspecified atom stereocenters. The monoisotopic (exact) mass is 308 g/mol. The number of halogens is 2. The van der Waals surface area contributed by atoms with Gasteiger partial charge < -0.3 is 15.9 Å². The number of rotatable bonds is 4. The Morgan fingerprint density at radius 1 is 1.62 bits per heavy atom. The molecule has 0 fully saturated rings. The van der Waals surface area contributed by atoms with Gasteiger partial charge in [0.2, 0.25) is 5.91 Å². The Morgan fingerprint density at radius 3 is 2.81 bits per heavy atom. The van der Waals surface area contributed by atoms with Crippen LogP contribution in [0.25, 0.3) is 0 Å². The van der Waals surface area contributed by atoms with Crippen molar-refractivity contribution in [2.45, 2.75) is 18.6 Å². The molecule has 0 aromatic carbocycles. The van der Waals surface area contributed by atoms with Gasteiger partial charge in [0.15, 0.2) is 0 Å². The molecule has 0 spiro atoms. The summed E-state index contributed by atoms with van der Waals surface area (Å²) in [6.45, 7) is 0. The molecule has 0 radical (unpaired) electrons. The maximum absolute atomic E-state index is 10.6. The smallest absolute Gasteiger partial charge is 0.220 e. The van der Waals surface area contributed by atoms with Gasteiger partial charge >= 0.3 is 0 Å². The highest BCUT2D eigenvalue weighted by atomic mass is 79.9. The first-order valence-electron chi connectivity index (χ1n) is 4.37. The average molecular weight is 310 g/mol. The number of aliphatic hydroxyl groups excluding tert-OH is 2. The molecule has 0 aliphatic carbocycles. The molecular formula is C9H10BrClN2O3. The molecule has 0 saturated carbocycles. The third-order valence-corrected chi connectivity index (χ3v) is 2.81. The molecule has 0 aliphatic rings. The van der Waals surface area contributed by atoms with E-state index >= 15 is 0 Å². The van der Waals surface area contributed by atoms with Crippen molar-refractivity contribution < 1.29 is 15.0 Å². The van der Waals surface area contributed by atoms with Gasteiger partial charge in [0.05, 0.1) is 12.5 Å². The minimum atomic E-state index is -1.27. The molecule has 0 bridgehead atoms. The number of carbonyl (C=O) groups is 1. The van der Waals surface area contributed by atoms with Crippen molar-refractivity contribution in [2.24, 2.45) is 5.73 Å². The van der Waals surface area contributed by atoms with E-state index in [2.05, 4.69) is 20.9 Å². The number of aliphatic hydroxyl groups is 2. The summed E-state index contributed by atoms with van der Waals surface area (Å²) in [6, 6.07) is 1.40. The van der Waals surface area contributed by atoms with Gasteiger partial charge in [-0.1, -0.05) is 11.6 Å². The molecule has 5 nitrogen and oxygen atoms in total. The van der Waals surface area contributed by atoms with Gasteiger partial charge in [-0.2, -0.15) is 0 Å². The Hall–Kier alpha value is -0.690. The second-order valence-corrected chi connectivity index (χ2v) is 4.45. The van der Waals surface area contributed by atoms with Gasteiger partial charge in [-0.05, 0) is 22.0 Å². The van der Waals surface area contributed by atoms with Gasteiger partial charge in [0.1, 0.15) is 11.3 Å². The highest BCUT2D eigenvalue weighted by Gasteiger charge is 2.22. The normalized spacial score (nSPS) is 14.5. The van der Waals surface area contributed by atoms with Crippen LogP contribution >= 0.6 is 27.5 Å². The highest BCUT2D eigenvalue weighted by Crippen LogP contribution is 2.27. The molecule has 88 valence electrons. The number of nitrogens with two attached hydrogens (primary N) is 1. The van der Waals surface area contributed by atoms with Crippen molar-refractivity contribution in [3.63, 3.8) is 0 Å². The van der Waals surface area contributed by atoms with Crippen LogP contribution in [-0.4, -0.2) is 27.2 Å². The van der Waals surface area contributed by atoms with Crippen molar-refractivity contribution in [3.05, 3.63) is 27.5 Å². The predicted molar refractivity (Wildman–Crippen MR) is 61.7 cm³/mol. The maximum atomic E-state index is 10.6. The van der Waals surface area contributed by atoms with Crippen molar-refractivity contribution in [1.82, 2.24) is 4.98 Å². The SMILES string of the molecule is NC(=O)CC(O)C(O)c1cc(Cl)ncc1Br. The molecule has 1 heterocycles. The van der Waals surface area contributed by atoms with E-state index in [0.717, 1.165) is 0 Å². The van der Waals surface area contributed by atoms with E-state index in [4.69, 9.17) is 17.3 Å². The second-order valence-electron chi connectivity index (χ2n) is 3.21. The van der Waals surface area contributed by atoms with Crippen LogP contribution in [0, 0.1) is 0 Å². The molecule has 7 heteroatoms. The summed E-state index contributed by atoms with van der Waals surface area (Å²) in [5.74, 6) is -0.692. The van der Waals surface area contributed by atoms with Gasteiger partial charge in [-0.3, -0.25) is 4.79 Å². The molecule has 1 aromatic rings. The molecule has 0 saturated heterocycles. The quantitative estimate of drug-likeness (QED) is 0.716. The first kappa shape index (κ1) is 13.4. The van der Waals surface area contributed by atoms with Crippen LogP contribution in [0.15, 0.2) is 16.7 Å². The van der Waals surface area contributed by atoms with Gasteiger partial charge in [0, 0.05) is 16.2 Å². The first-order chi connectivity index (χ1) is 7.41. The van der Waals surface area contributed by atoms with Crippen molar-refractivity contribution >= 4 is 33.4 Å². The van der Waals surface area contributed by atoms with Gasteiger partial charge in [-0.25, -0.2) is 4.98 Å². The molecule has 2 atom stereocenters. The lowest BCUT2D eigenvalue weighted by Gasteiger charge is -2.17. The zero-order valence-electron chi connectivity index (χ0n) is 8.10. The Morgan fingerprint density at radius 2 is 2.25 bits per heavy atom. The van der Waals surface area contributed by atoms with Gasteiger partial charge in [0.25, 0.3) is 0 Å². The van der Waals surface area contributed by atoms with Gasteiger partial charge in [-0.15, -0.1) is 0 Å². The average Bonchev–Trinajstić information content (AvgIpc) is 2.19. The number of amides is 1. The zero-order chi connectivity index (χ0) is 12.3. The lowest BCUT2D eigenvalue weighted by molar-refractivity contribution is -0.121. The second kappa shape index (κ2) is 5.58. The van der Waals surface area contributed by atoms with E-state index in [0.29, 0.717) is 10.0 Å². The lowest BCUT2D eigenvalue weighted by Crippen LogP contribution is -2.25. The summed E-state index contributed by atoms with van der Waals surface area (Å²) in [6.07, 6.45) is -1.44. The molecule has 0 aliphatic heterocycles. The van der Waals surface area contributed by atoms with E-state index in [1.807, 2.05) is 0 Å². The Bertz CT molecular complexity index is 402. The van der Waals surface area contributed by atoms with Crippen LogP contribution in [0.4, 0.5) is 0 Å². The van der Waals surface area contributed by atoms with E-state index in [1.54, 1.807) is 0 Å². The fraction of sp³-hybridized carbons (Fsp3) is 0.333. The van der Waals surface area contributed by atoms with Crippen LogP contribution in [0.5, 0.6) is 0 Å². The fourth-order valence-corrected chi connectivity index (χ4v) is 1.80. The van der Waals surface area contributed by atoms with Crippen LogP contribution in [-0.2, 0) is 4.79 Å². The molecule has 1 rings (SSSR count). The van der Waals surface area contributed by atoms with Crippen LogP contribution < -0.4 is 5.73 Å². The number of pyridine rings is 1. The Kier molecular flexibility index (Phi) is 4.67. The number of hydrogen-bond donors (Lipinski definition) is 3. The van der Waals surface area contributed by atoms with E-state index in [1.165, 1.54) is 12.3 Å². The lowest BCUT2D eigenvalue weighted by atomic mass is 10.0. The summed E-state index contributed by atoms with van der Waals surface area (Å²) in [5.41, 5.74) is 5.27. The molecule has 1 aromatic heterocycles. The summed E-state index contributed by atoms with van der Waals surface area (Å²) in [5, 5.41) is 19.5. The topological polar surface area (TPSA) is 96.4 Å². The van der Waals surface area contributed by atoms with Crippen molar-refractivity contribution in [3.8, 4) is 0 Å². The zero-order valence-corrected chi connectivity index (χ0v) is 10.4.